The number of nitrogens with one attached hydrogen (secondary N) is 2. The van der Waals surface area contributed by atoms with Gasteiger partial charge in [0.25, 0.3) is 0 Å². The van der Waals surface area contributed by atoms with Crippen LogP contribution in [-0.4, -0.2) is 66.1 Å². The van der Waals surface area contributed by atoms with Crippen LogP contribution in [-0.2, 0) is 0 Å². The number of carbonyl (C=O) groups is 1. The average molecular weight is 367 g/mol. The van der Waals surface area contributed by atoms with Crippen LogP contribution in [0.4, 0.5) is 10.5 Å². The van der Waals surface area contributed by atoms with Crippen LogP contribution in [0.3, 0.4) is 0 Å². The molecule has 1 aromatic heterocycles. The van der Waals surface area contributed by atoms with Crippen molar-refractivity contribution in [2.75, 3.05) is 44.6 Å². The third-order valence-electron chi connectivity index (χ3n) is 5.13. The molecule has 2 aliphatic rings. The second-order valence-electron chi connectivity index (χ2n) is 6.91. The molecule has 1 atom stereocenters. The molecule has 2 aromatic rings. The third kappa shape index (κ3) is 4.56. The van der Waals surface area contributed by atoms with Crippen molar-refractivity contribution in [2.45, 2.75) is 12.5 Å². The topological polar surface area (TPSA) is 69.7 Å². The van der Waals surface area contributed by atoms with E-state index in [1.165, 1.54) is 6.42 Å². The normalized spacial score (nSPS) is 20.4. The fourth-order valence-corrected chi connectivity index (χ4v) is 3.59. The first-order valence-corrected chi connectivity index (χ1v) is 9.46. The van der Waals surface area contributed by atoms with Crippen LogP contribution in [0.15, 0.2) is 48.8 Å². The first kappa shape index (κ1) is 17.8. The number of hydrogen-bond donors (Lipinski definition) is 2. The van der Waals surface area contributed by atoms with E-state index in [1.807, 2.05) is 41.3 Å². The lowest BCUT2D eigenvalue weighted by atomic mass is 10.2. The van der Waals surface area contributed by atoms with Gasteiger partial charge in [-0.25, -0.2) is 4.79 Å². The Morgan fingerprint density at radius 1 is 1.11 bits per heavy atom. The summed E-state index contributed by atoms with van der Waals surface area (Å²) in [6.45, 7) is 5.59. The molecule has 1 aromatic carbocycles. The molecule has 27 heavy (non-hydrogen) atoms. The molecular weight excluding hydrogens is 342 g/mol. The Balaban J connectivity index is 1.27. The van der Waals surface area contributed by atoms with E-state index in [9.17, 15) is 4.79 Å². The fraction of sp³-hybridized carbons (Fsp3) is 0.400. The number of pyridine rings is 1. The second kappa shape index (κ2) is 8.37. The van der Waals surface area contributed by atoms with E-state index in [0.29, 0.717) is 17.5 Å². The molecule has 2 aliphatic heterocycles. The monoisotopic (exact) mass is 367 g/mol. The van der Waals surface area contributed by atoms with Crippen molar-refractivity contribution in [3.05, 3.63) is 48.8 Å². The molecule has 0 bridgehead atoms. The summed E-state index contributed by atoms with van der Waals surface area (Å²) in [4.78, 5) is 20.9. The molecule has 0 unspecified atom stereocenters. The fourth-order valence-electron chi connectivity index (χ4n) is 3.59. The first-order valence-electron chi connectivity index (χ1n) is 9.46. The maximum Gasteiger partial charge on any atom is 0.321 e. The summed E-state index contributed by atoms with van der Waals surface area (Å²) >= 11 is 0. The zero-order valence-corrected chi connectivity index (χ0v) is 15.3. The minimum Gasteiger partial charge on any atom is -0.456 e. The number of nitrogens with zero attached hydrogens (tertiary/aromatic N) is 3. The first-order chi connectivity index (χ1) is 13.3. The van der Waals surface area contributed by atoms with Gasteiger partial charge in [0.15, 0.2) is 0 Å². The van der Waals surface area contributed by atoms with E-state index in [-0.39, 0.29) is 6.03 Å². The van der Waals surface area contributed by atoms with E-state index < -0.39 is 0 Å². The van der Waals surface area contributed by atoms with Crippen molar-refractivity contribution in [3.63, 3.8) is 0 Å². The molecule has 2 amide bonds. The molecule has 2 fully saturated rings. The van der Waals surface area contributed by atoms with Gasteiger partial charge in [0.2, 0.25) is 0 Å². The summed E-state index contributed by atoms with van der Waals surface area (Å²) in [7, 11) is 0. The van der Waals surface area contributed by atoms with Crippen LogP contribution in [0, 0.1) is 0 Å². The summed E-state index contributed by atoms with van der Waals surface area (Å²) in [5, 5.41) is 6.38. The van der Waals surface area contributed by atoms with Gasteiger partial charge in [0, 0.05) is 50.6 Å². The highest BCUT2D eigenvalue weighted by Crippen LogP contribution is 2.22. The van der Waals surface area contributed by atoms with Gasteiger partial charge >= 0.3 is 6.03 Å². The van der Waals surface area contributed by atoms with Gasteiger partial charge in [-0.15, -0.1) is 0 Å². The number of urea groups is 1. The maximum absolute atomic E-state index is 12.5. The second-order valence-corrected chi connectivity index (χ2v) is 6.91. The molecule has 2 saturated heterocycles. The third-order valence-corrected chi connectivity index (χ3v) is 5.13. The lowest BCUT2D eigenvalue weighted by Gasteiger charge is -2.37. The molecule has 3 heterocycles. The summed E-state index contributed by atoms with van der Waals surface area (Å²) in [5.41, 5.74) is 0.765. The number of rotatable bonds is 4. The van der Waals surface area contributed by atoms with Crippen LogP contribution in [0.1, 0.15) is 6.42 Å². The van der Waals surface area contributed by atoms with Gasteiger partial charge < -0.3 is 20.3 Å². The number of amides is 2. The maximum atomic E-state index is 12.5. The Morgan fingerprint density at radius 2 is 1.93 bits per heavy atom. The number of piperazine rings is 1. The Bertz CT molecular complexity index is 739. The molecule has 0 spiro atoms. The van der Waals surface area contributed by atoms with Crippen LogP contribution in [0.2, 0.25) is 0 Å². The number of hydrogen-bond acceptors (Lipinski definition) is 5. The quantitative estimate of drug-likeness (QED) is 0.868. The Labute approximate surface area is 159 Å². The number of aromatic nitrogens is 1. The Kier molecular flexibility index (Phi) is 5.50. The summed E-state index contributed by atoms with van der Waals surface area (Å²) in [6.07, 6.45) is 4.58. The van der Waals surface area contributed by atoms with Crippen molar-refractivity contribution >= 4 is 11.7 Å². The molecule has 7 nitrogen and oxygen atoms in total. The number of benzene rings is 1. The average Bonchev–Trinajstić information content (AvgIpc) is 3.25. The molecule has 4 rings (SSSR count). The Morgan fingerprint density at radius 3 is 2.59 bits per heavy atom. The zero-order chi connectivity index (χ0) is 18.5. The van der Waals surface area contributed by atoms with Crippen molar-refractivity contribution in [3.8, 4) is 11.5 Å². The lowest BCUT2D eigenvalue weighted by molar-refractivity contribution is 0.119. The van der Waals surface area contributed by atoms with Gasteiger partial charge in [-0.2, -0.15) is 0 Å². The predicted octanol–water partition coefficient (Wildman–Crippen LogP) is 2.39. The smallest absolute Gasteiger partial charge is 0.321 e. The minimum atomic E-state index is -0.0416. The minimum absolute atomic E-state index is 0.0416. The predicted molar refractivity (Wildman–Crippen MR) is 104 cm³/mol. The van der Waals surface area contributed by atoms with Crippen molar-refractivity contribution in [1.29, 1.82) is 0 Å². The van der Waals surface area contributed by atoms with E-state index >= 15 is 0 Å². The zero-order valence-electron chi connectivity index (χ0n) is 15.3. The Hall–Kier alpha value is -2.64. The van der Waals surface area contributed by atoms with Gasteiger partial charge in [-0.05, 0) is 49.4 Å². The van der Waals surface area contributed by atoms with Gasteiger partial charge in [-0.3, -0.25) is 9.88 Å². The van der Waals surface area contributed by atoms with Crippen LogP contribution in [0.5, 0.6) is 11.5 Å². The number of anilines is 1. The molecule has 0 radical (unpaired) electrons. The summed E-state index contributed by atoms with van der Waals surface area (Å²) in [6, 6.07) is 11.6. The van der Waals surface area contributed by atoms with Gasteiger partial charge in [0.1, 0.15) is 11.5 Å². The van der Waals surface area contributed by atoms with E-state index in [1.54, 1.807) is 12.4 Å². The summed E-state index contributed by atoms with van der Waals surface area (Å²) < 4.78 is 5.72. The van der Waals surface area contributed by atoms with Gasteiger partial charge in [0.05, 0.1) is 6.20 Å². The number of carbonyl (C=O) groups excluding carboxylic acids is 1. The highest BCUT2D eigenvalue weighted by Gasteiger charge is 2.27. The van der Waals surface area contributed by atoms with E-state index in [0.717, 1.165) is 45.0 Å². The van der Waals surface area contributed by atoms with Crippen LogP contribution >= 0.6 is 0 Å². The van der Waals surface area contributed by atoms with Crippen molar-refractivity contribution < 1.29 is 9.53 Å². The van der Waals surface area contributed by atoms with E-state index in [4.69, 9.17) is 4.74 Å². The summed E-state index contributed by atoms with van der Waals surface area (Å²) in [5.74, 6) is 1.39. The standard InChI is InChI=1S/C20H25N5O2/c26-20(25-12-10-24(11-13-25)17-7-9-22-14-17)23-16-3-5-18(6-4-16)27-19-2-1-8-21-15-19/h1-6,8,15,17,22H,7,9-14H2,(H,23,26)/t17-/m1/s1. The SMILES string of the molecule is O=C(Nc1ccc(Oc2cccnc2)cc1)N1CCN([C@@H]2CCNC2)CC1. The molecule has 0 aliphatic carbocycles. The van der Waals surface area contributed by atoms with Crippen molar-refractivity contribution in [2.24, 2.45) is 0 Å². The molecule has 7 heteroatoms. The largest absolute Gasteiger partial charge is 0.456 e. The molecular formula is C20H25N5O2. The molecule has 142 valence electrons. The lowest BCUT2D eigenvalue weighted by Crippen LogP contribution is -2.53. The van der Waals surface area contributed by atoms with Gasteiger partial charge in [-0.1, -0.05) is 0 Å². The van der Waals surface area contributed by atoms with E-state index in [2.05, 4.69) is 20.5 Å². The molecule has 0 saturated carbocycles. The van der Waals surface area contributed by atoms with Crippen LogP contribution in [0.25, 0.3) is 0 Å². The molecule has 2 N–H and O–H groups in total. The highest BCUT2D eigenvalue weighted by atomic mass is 16.5. The van der Waals surface area contributed by atoms with Crippen molar-refractivity contribution in [1.82, 2.24) is 20.1 Å². The number of ether oxygens (including phenoxy) is 1. The van der Waals surface area contributed by atoms with Crippen LogP contribution < -0.4 is 15.4 Å². The highest BCUT2D eigenvalue weighted by molar-refractivity contribution is 5.89.